The summed E-state index contributed by atoms with van der Waals surface area (Å²) in [7, 11) is 1.48. The third-order valence-electron chi connectivity index (χ3n) is 2.44. The van der Waals surface area contributed by atoms with Crippen LogP contribution in [0.3, 0.4) is 0 Å². The van der Waals surface area contributed by atoms with Crippen molar-refractivity contribution in [3.8, 4) is 11.4 Å². The Morgan fingerprint density at radius 1 is 1.37 bits per heavy atom. The standard InChI is InChI=1S/C13H15N3O3/c1-18-9-11(17)14-8-7-12-15-13(16-19-12)10-5-3-2-4-6-10/h2-6H,7-9H2,1H3,(H,14,17). The Morgan fingerprint density at radius 3 is 2.89 bits per heavy atom. The van der Waals surface area contributed by atoms with E-state index in [0.717, 1.165) is 5.56 Å². The van der Waals surface area contributed by atoms with Gasteiger partial charge in [0, 0.05) is 25.6 Å². The SMILES string of the molecule is COCC(=O)NCCc1nc(-c2ccccc2)no1. The van der Waals surface area contributed by atoms with Crippen molar-refractivity contribution in [3.63, 3.8) is 0 Å². The summed E-state index contributed by atoms with van der Waals surface area (Å²) in [6.07, 6.45) is 0.495. The van der Waals surface area contributed by atoms with Crippen LogP contribution in [0.1, 0.15) is 5.89 Å². The number of nitrogens with one attached hydrogen (secondary N) is 1. The number of carbonyl (C=O) groups is 1. The molecule has 1 aromatic heterocycles. The van der Waals surface area contributed by atoms with E-state index in [1.807, 2.05) is 30.3 Å². The highest BCUT2D eigenvalue weighted by atomic mass is 16.5. The molecular weight excluding hydrogens is 246 g/mol. The van der Waals surface area contributed by atoms with Crippen LogP contribution in [0, 0.1) is 0 Å². The molecule has 0 fully saturated rings. The summed E-state index contributed by atoms with van der Waals surface area (Å²) in [6.45, 7) is 0.498. The summed E-state index contributed by atoms with van der Waals surface area (Å²) in [6, 6.07) is 9.58. The number of amides is 1. The molecule has 1 aromatic carbocycles. The van der Waals surface area contributed by atoms with Gasteiger partial charge < -0.3 is 14.6 Å². The quantitative estimate of drug-likeness (QED) is 0.840. The van der Waals surface area contributed by atoms with Gasteiger partial charge in [0.1, 0.15) is 6.61 Å². The van der Waals surface area contributed by atoms with Crippen molar-refractivity contribution in [1.29, 1.82) is 0 Å². The topological polar surface area (TPSA) is 77.2 Å². The zero-order valence-corrected chi connectivity index (χ0v) is 10.6. The molecule has 0 saturated carbocycles. The van der Waals surface area contributed by atoms with Gasteiger partial charge in [-0.1, -0.05) is 35.5 Å². The van der Waals surface area contributed by atoms with Crippen LogP contribution in [-0.2, 0) is 16.0 Å². The molecule has 1 amide bonds. The molecule has 19 heavy (non-hydrogen) atoms. The summed E-state index contributed by atoms with van der Waals surface area (Å²) in [5, 5.41) is 6.59. The first-order valence-electron chi connectivity index (χ1n) is 5.93. The molecule has 0 aliphatic carbocycles. The van der Waals surface area contributed by atoms with Crippen LogP contribution in [0.5, 0.6) is 0 Å². The van der Waals surface area contributed by atoms with Gasteiger partial charge in [0.25, 0.3) is 0 Å². The van der Waals surface area contributed by atoms with Gasteiger partial charge >= 0.3 is 0 Å². The monoisotopic (exact) mass is 261 g/mol. The maximum atomic E-state index is 11.2. The molecule has 0 aliphatic rings. The second-order valence-electron chi connectivity index (χ2n) is 3.91. The second kappa shape index (κ2) is 6.65. The van der Waals surface area contributed by atoms with Crippen molar-refractivity contribution >= 4 is 5.91 Å². The Labute approximate surface area is 110 Å². The fourth-order valence-corrected chi connectivity index (χ4v) is 1.55. The Bertz CT molecular complexity index is 525. The van der Waals surface area contributed by atoms with Crippen LogP contribution < -0.4 is 5.32 Å². The molecule has 1 N–H and O–H groups in total. The molecule has 6 nitrogen and oxygen atoms in total. The lowest BCUT2D eigenvalue weighted by Crippen LogP contribution is -2.29. The molecule has 0 radical (unpaired) electrons. The van der Waals surface area contributed by atoms with Crippen LogP contribution in [-0.4, -0.2) is 36.3 Å². The van der Waals surface area contributed by atoms with Gasteiger partial charge in [-0.3, -0.25) is 4.79 Å². The Kier molecular flexibility index (Phi) is 4.63. The van der Waals surface area contributed by atoms with Gasteiger partial charge in [0.15, 0.2) is 0 Å². The third kappa shape index (κ3) is 3.89. The number of nitrogens with zero attached hydrogens (tertiary/aromatic N) is 2. The fourth-order valence-electron chi connectivity index (χ4n) is 1.55. The van der Waals surface area contributed by atoms with E-state index in [1.165, 1.54) is 7.11 Å². The van der Waals surface area contributed by atoms with Crippen LogP contribution in [0.15, 0.2) is 34.9 Å². The highest BCUT2D eigenvalue weighted by Crippen LogP contribution is 2.14. The number of hydrogen-bond acceptors (Lipinski definition) is 5. The van der Waals surface area contributed by atoms with E-state index in [4.69, 9.17) is 9.26 Å². The largest absolute Gasteiger partial charge is 0.375 e. The smallest absolute Gasteiger partial charge is 0.245 e. The molecule has 0 unspecified atom stereocenters. The maximum Gasteiger partial charge on any atom is 0.245 e. The van der Waals surface area contributed by atoms with E-state index in [1.54, 1.807) is 0 Å². The van der Waals surface area contributed by atoms with Crippen molar-refractivity contribution < 1.29 is 14.1 Å². The Balaban J connectivity index is 1.86. The molecule has 2 rings (SSSR count). The molecule has 0 atom stereocenters. The summed E-state index contributed by atoms with van der Waals surface area (Å²) in [4.78, 5) is 15.4. The second-order valence-corrected chi connectivity index (χ2v) is 3.91. The number of methoxy groups -OCH3 is 1. The van der Waals surface area contributed by atoms with Gasteiger partial charge in [-0.2, -0.15) is 4.98 Å². The highest BCUT2D eigenvalue weighted by molar-refractivity contribution is 5.77. The van der Waals surface area contributed by atoms with Gasteiger partial charge in [0.2, 0.25) is 17.6 Å². The van der Waals surface area contributed by atoms with Gasteiger partial charge in [-0.05, 0) is 0 Å². The molecule has 0 saturated heterocycles. The fraction of sp³-hybridized carbons (Fsp3) is 0.308. The zero-order valence-electron chi connectivity index (χ0n) is 10.6. The minimum Gasteiger partial charge on any atom is -0.375 e. The van der Waals surface area contributed by atoms with Crippen LogP contribution >= 0.6 is 0 Å². The van der Waals surface area contributed by atoms with E-state index in [-0.39, 0.29) is 12.5 Å². The number of benzene rings is 1. The molecule has 0 spiro atoms. The normalized spacial score (nSPS) is 10.4. The number of carbonyl (C=O) groups excluding carboxylic acids is 1. The highest BCUT2D eigenvalue weighted by Gasteiger charge is 2.08. The predicted octanol–water partition coefficient (Wildman–Crippen LogP) is 1.04. The molecule has 1 heterocycles. The van der Waals surface area contributed by atoms with E-state index in [9.17, 15) is 4.79 Å². The van der Waals surface area contributed by atoms with Crippen molar-refractivity contribution in [2.75, 3.05) is 20.3 Å². The summed E-state index contributed by atoms with van der Waals surface area (Å²) in [5.74, 6) is 0.890. The van der Waals surface area contributed by atoms with E-state index >= 15 is 0 Å². The van der Waals surface area contributed by atoms with Gasteiger partial charge in [-0.25, -0.2) is 0 Å². The predicted molar refractivity (Wildman–Crippen MR) is 68.3 cm³/mol. The molecule has 0 aliphatic heterocycles. The minimum atomic E-state index is -0.162. The summed E-state index contributed by atoms with van der Waals surface area (Å²) in [5.41, 5.74) is 0.904. The average molecular weight is 261 g/mol. The van der Waals surface area contributed by atoms with Crippen LogP contribution in [0.2, 0.25) is 0 Å². The van der Waals surface area contributed by atoms with Crippen molar-refractivity contribution in [2.24, 2.45) is 0 Å². The average Bonchev–Trinajstić information content (AvgIpc) is 2.89. The van der Waals surface area contributed by atoms with E-state index < -0.39 is 0 Å². The van der Waals surface area contributed by atoms with Crippen LogP contribution in [0.25, 0.3) is 11.4 Å². The van der Waals surface area contributed by atoms with Crippen molar-refractivity contribution in [3.05, 3.63) is 36.2 Å². The number of aromatic nitrogens is 2. The summed E-state index contributed by atoms with van der Waals surface area (Å²) >= 11 is 0. The van der Waals surface area contributed by atoms with Crippen LogP contribution in [0.4, 0.5) is 0 Å². The first kappa shape index (κ1) is 13.2. The van der Waals surface area contributed by atoms with Gasteiger partial charge in [-0.15, -0.1) is 0 Å². The Hall–Kier alpha value is -2.21. The minimum absolute atomic E-state index is 0.0547. The van der Waals surface area contributed by atoms with Crippen molar-refractivity contribution in [2.45, 2.75) is 6.42 Å². The van der Waals surface area contributed by atoms with Crippen molar-refractivity contribution in [1.82, 2.24) is 15.5 Å². The first-order chi connectivity index (χ1) is 9.29. The summed E-state index contributed by atoms with van der Waals surface area (Å²) < 4.78 is 9.82. The Morgan fingerprint density at radius 2 is 2.16 bits per heavy atom. The van der Waals surface area contributed by atoms with Gasteiger partial charge in [0.05, 0.1) is 0 Å². The zero-order chi connectivity index (χ0) is 13.5. The third-order valence-corrected chi connectivity index (χ3v) is 2.44. The molecular formula is C13H15N3O3. The lowest BCUT2D eigenvalue weighted by Gasteiger charge is -2.01. The number of ether oxygens (including phenoxy) is 1. The molecule has 2 aromatic rings. The lowest BCUT2D eigenvalue weighted by molar-refractivity contribution is -0.124. The maximum absolute atomic E-state index is 11.2. The number of hydrogen-bond donors (Lipinski definition) is 1. The molecule has 6 heteroatoms. The van der Waals surface area contributed by atoms with E-state index in [0.29, 0.717) is 24.7 Å². The lowest BCUT2D eigenvalue weighted by atomic mass is 10.2. The van der Waals surface area contributed by atoms with E-state index in [2.05, 4.69) is 15.5 Å². The molecule has 0 bridgehead atoms. The number of rotatable bonds is 6. The molecule has 100 valence electrons. The first-order valence-corrected chi connectivity index (χ1v) is 5.93.